The van der Waals surface area contributed by atoms with Crippen LogP contribution in [0.5, 0.6) is 5.75 Å². The summed E-state index contributed by atoms with van der Waals surface area (Å²) in [5.74, 6) is 0.829. The van der Waals surface area contributed by atoms with Gasteiger partial charge in [-0.05, 0) is 29.7 Å². The van der Waals surface area contributed by atoms with E-state index < -0.39 is 0 Å². The van der Waals surface area contributed by atoms with Gasteiger partial charge >= 0.3 is 6.03 Å². The van der Waals surface area contributed by atoms with Crippen molar-refractivity contribution >= 4 is 6.03 Å². The SMILES string of the molecule is CCCC(NC(=O)NCC(c1ccc(OC)cc1)N1CCOCC1)c1ccccc1. The summed E-state index contributed by atoms with van der Waals surface area (Å²) in [6, 6.07) is 18.2. The topological polar surface area (TPSA) is 62.8 Å². The van der Waals surface area contributed by atoms with Crippen molar-refractivity contribution in [3.63, 3.8) is 0 Å². The maximum absolute atomic E-state index is 12.7. The number of morpholine rings is 1. The van der Waals surface area contributed by atoms with Crippen LogP contribution in [-0.4, -0.2) is 50.9 Å². The van der Waals surface area contributed by atoms with E-state index >= 15 is 0 Å². The summed E-state index contributed by atoms with van der Waals surface area (Å²) in [4.78, 5) is 15.1. The molecule has 162 valence electrons. The lowest BCUT2D eigenvalue weighted by Gasteiger charge is -2.35. The molecule has 1 fully saturated rings. The molecule has 1 heterocycles. The zero-order chi connectivity index (χ0) is 21.2. The Hall–Kier alpha value is -2.57. The quantitative estimate of drug-likeness (QED) is 0.657. The third-order valence-corrected chi connectivity index (χ3v) is 5.53. The first-order valence-corrected chi connectivity index (χ1v) is 10.8. The predicted molar refractivity (Wildman–Crippen MR) is 119 cm³/mol. The normalized spacial score (nSPS) is 16.5. The van der Waals surface area contributed by atoms with Crippen LogP contribution in [0.2, 0.25) is 0 Å². The molecule has 2 aromatic rings. The predicted octanol–water partition coefficient (Wildman–Crippen LogP) is 3.91. The van der Waals surface area contributed by atoms with Crippen LogP contribution in [0.25, 0.3) is 0 Å². The summed E-state index contributed by atoms with van der Waals surface area (Å²) in [5.41, 5.74) is 2.29. The lowest BCUT2D eigenvalue weighted by Crippen LogP contribution is -2.46. The molecule has 0 bridgehead atoms. The van der Waals surface area contributed by atoms with Crippen molar-refractivity contribution in [2.75, 3.05) is 40.0 Å². The highest BCUT2D eigenvalue weighted by atomic mass is 16.5. The number of hydrogen-bond donors (Lipinski definition) is 2. The Balaban J connectivity index is 1.65. The zero-order valence-corrected chi connectivity index (χ0v) is 18.0. The van der Waals surface area contributed by atoms with Gasteiger partial charge in [0.05, 0.1) is 32.4 Å². The lowest BCUT2D eigenvalue weighted by atomic mass is 10.0. The molecule has 6 heteroatoms. The van der Waals surface area contributed by atoms with E-state index in [1.807, 2.05) is 30.3 Å². The van der Waals surface area contributed by atoms with Crippen molar-refractivity contribution in [2.45, 2.75) is 31.8 Å². The number of carbonyl (C=O) groups excluding carboxylic acids is 1. The Bertz CT molecular complexity index is 761. The second-order valence-corrected chi connectivity index (χ2v) is 7.54. The molecule has 3 rings (SSSR count). The Labute approximate surface area is 179 Å². The maximum atomic E-state index is 12.7. The number of nitrogens with one attached hydrogen (secondary N) is 2. The number of hydrogen-bond acceptors (Lipinski definition) is 4. The minimum absolute atomic E-state index is 0.0130. The summed E-state index contributed by atoms with van der Waals surface area (Å²) in [6.07, 6.45) is 1.91. The average molecular weight is 412 g/mol. The number of urea groups is 1. The van der Waals surface area contributed by atoms with Gasteiger partial charge in [0.1, 0.15) is 5.75 Å². The molecule has 0 radical (unpaired) electrons. The maximum Gasteiger partial charge on any atom is 0.315 e. The van der Waals surface area contributed by atoms with Crippen LogP contribution in [0.3, 0.4) is 0 Å². The van der Waals surface area contributed by atoms with Crippen LogP contribution in [0.15, 0.2) is 54.6 Å². The molecule has 2 atom stereocenters. The van der Waals surface area contributed by atoms with Gasteiger partial charge in [-0.15, -0.1) is 0 Å². The zero-order valence-electron chi connectivity index (χ0n) is 18.0. The minimum atomic E-state index is -0.135. The van der Waals surface area contributed by atoms with Crippen LogP contribution >= 0.6 is 0 Å². The van der Waals surface area contributed by atoms with Crippen molar-refractivity contribution in [3.8, 4) is 5.75 Å². The molecular formula is C24H33N3O3. The minimum Gasteiger partial charge on any atom is -0.497 e. The Morgan fingerprint density at radius 1 is 1.07 bits per heavy atom. The molecule has 6 nitrogen and oxygen atoms in total. The molecule has 1 aliphatic heterocycles. The second kappa shape index (κ2) is 11.6. The van der Waals surface area contributed by atoms with Gasteiger partial charge in [0.2, 0.25) is 0 Å². The number of nitrogens with zero attached hydrogens (tertiary/aromatic N) is 1. The van der Waals surface area contributed by atoms with Crippen LogP contribution in [0, 0.1) is 0 Å². The molecule has 0 aromatic heterocycles. The van der Waals surface area contributed by atoms with E-state index in [1.165, 1.54) is 0 Å². The highest BCUT2D eigenvalue weighted by Crippen LogP contribution is 2.24. The molecular weight excluding hydrogens is 378 g/mol. The van der Waals surface area contributed by atoms with E-state index in [0.29, 0.717) is 19.8 Å². The average Bonchev–Trinajstić information content (AvgIpc) is 2.80. The van der Waals surface area contributed by atoms with Gasteiger partial charge < -0.3 is 20.1 Å². The standard InChI is InChI=1S/C24H33N3O3/c1-3-7-22(19-8-5-4-6-9-19)26-24(28)25-18-23(27-14-16-30-17-15-27)20-10-12-21(29-2)13-11-20/h4-6,8-13,22-23H,3,7,14-18H2,1-2H3,(H2,25,26,28). The van der Waals surface area contributed by atoms with E-state index in [9.17, 15) is 4.79 Å². The summed E-state index contributed by atoms with van der Waals surface area (Å²) in [7, 11) is 1.67. The van der Waals surface area contributed by atoms with Crippen molar-refractivity contribution in [1.29, 1.82) is 0 Å². The van der Waals surface area contributed by atoms with Crippen molar-refractivity contribution in [1.82, 2.24) is 15.5 Å². The summed E-state index contributed by atoms with van der Waals surface area (Å²) >= 11 is 0. The third-order valence-electron chi connectivity index (χ3n) is 5.53. The first-order valence-electron chi connectivity index (χ1n) is 10.8. The smallest absolute Gasteiger partial charge is 0.315 e. The number of amides is 2. The molecule has 0 saturated carbocycles. The first-order chi connectivity index (χ1) is 14.7. The first kappa shape index (κ1) is 22.1. The molecule has 30 heavy (non-hydrogen) atoms. The number of rotatable bonds is 9. The fourth-order valence-electron chi connectivity index (χ4n) is 3.87. The number of ether oxygens (including phenoxy) is 2. The number of carbonyl (C=O) groups is 1. The van der Waals surface area contributed by atoms with Crippen LogP contribution in [0.4, 0.5) is 4.79 Å². The summed E-state index contributed by atoms with van der Waals surface area (Å²) < 4.78 is 10.8. The molecule has 1 aliphatic rings. The van der Waals surface area contributed by atoms with E-state index in [-0.39, 0.29) is 18.1 Å². The molecule has 0 aliphatic carbocycles. The molecule has 2 aromatic carbocycles. The van der Waals surface area contributed by atoms with Crippen LogP contribution in [-0.2, 0) is 4.74 Å². The van der Waals surface area contributed by atoms with Crippen LogP contribution < -0.4 is 15.4 Å². The Kier molecular flexibility index (Phi) is 8.53. The van der Waals surface area contributed by atoms with Gasteiger partial charge in [0.25, 0.3) is 0 Å². The van der Waals surface area contributed by atoms with Crippen molar-refractivity contribution in [2.24, 2.45) is 0 Å². The number of benzene rings is 2. The summed E-state index contributed by atoms with van der Waals surface area (Å²) in [5, 5.41) is 6.25. The van der Waals surface area contributed by atoms with Gasteiger partial charge in [-0.3, -0.25) is 4.90 Å². The monoisotopic (exact) mass is 411 g/mol. The summed E-state index contributed by atoms with van der Waals surface area (Å²) in [6.45, 7) is 5.79. The largest absolute Gasteiger partial charge is 0.497 e. The molecule has 1 saturated heterocycles. The van der Waals surface area contributed by atoms with Gasteiger partial charge in [-0.1, -0.05) is 55.8 Å². The van der Waals surface area contributed by atoms with Gasteiger partial charge in [-0.2, -0.15) is 0 Å². The second-order valence-electron chi connectivity index (χ2n) is 7.54. The van der Waals surface area contributed by atoms with Gasteiger partial charge in [0.15, 0.2) is 0 Å². The van der Waals surface area contributed by atoms with Gasteiger partial charge in [0, 0.05) is 19.6 Å². The highest BCUT2D eigenvalue weighted by molar-refractivity contribution is 5.74. The van der Waals surface area contributed by atoms with E-state index in [1.54, 1.807) is 7.11 Å². The molecule has 2 unspecified atom stereocenters. The highest BCUT2D eigenvalue weighted by Gasteiger charge is 2.24. The molecule has 0 spiro atoms. The van der Waals surface area contributed by atoms with Gasteiger partial charge in [-0.25, -0.2) is 4.79 Å². The van der Waals surface area contributed by atoms with Crippen molar-refractivity contribution in [3.05, 3.63) is 65.7 Å². The lowest BCUT2D eigenvalue weighted by molar-refractivity contribution is 0.0167. The Morgan fingerprint density at radius 3 is 2.40 bits per heavy atom. The van der Waals surface area contributed by atoms with E-state index in [0.717, 1.165) is 42.8 Å². The Morgan fingerprint density at radius 2 is 1.77 bits per heavy atom. The fraction of sp³-hybridized carbons (Fsp3) is 0.458. The van der Waals surface area contributed by atoms with E-state index in [4.69, 9.17) is 9.47 Å². The third kappa shape index (κ3) is 6.21. The molecule has 2 N–H and O–H groups in total. The fourth-order valence-corrected chi connectivity index (χ4v) is 3.87. The number of methoxy groups -OCH3 is 1. The van der Waals surface area contributed by atoms with E-state index in [2.05, 4.69) is 46.7 Å². The molecule has 2 amide bonds. The van der Waals surface area contributed by atoms with Crippen LogP contribution in [0.1, 0.15) is 43.0 Å². The van der Waals surface area contributed by atoms with Crippen molar-refractivity contribution < 1.29 is 14.3 Å².